The Morgan fingerprint density at radius 2 is 2.04 bits per heavy atom. The van der Waals surface area contributed by atoms with Gasteiger partial charge in [0, 0.05) is 10.7 Å². The first kappa shape index (κ1) is 18.6. The summed E-state index contributed by atoms with van der Waals surface area (Å²) in [6.45, 7) is 0.304. The largest absolute Gasteiger partial charge is 0.482 e. The van der Waals surface area contributed by atoms with Crippen molar-refractivity contribution in [2.75, 3.05) is 16.8 Å². The number of nitrogens with zero attached hydrogens (tertiary/aromatic N) is 1. The number of furan rings is 1. The van der Waals surface area contributed by atoms with E-state index in [0.717, 1.165) is 5.56 Å². The number of nitrogens with one attached hydrogen (secondary N) is 1. The number of hydrogen-bond acceptors (Lipinski definition) is 4. The van der Waals surface area contributed by atoms with Gasteiger partial charge in [0.1, 0.15) is 5.75 Å². The van der Waals surface area contributed by atoms with Crippen LogP contribution in [-0.2, 0) is 11.3 Å². The number of amides is 2. The van der Waals surface area contributed by atoms with E-state index in [-0.39, 0.29) is 18.3 Å². The zero-order valence-corrected chi connectivity index (χ0v) is 16.8. The highest BCUT2D eigenvalue weighted by molar-refractivity contribution is 9.10. The molecule has 0 atom stereocenters. The molecule has 0 unspecified atom stereocenters. The van der Waals surface area contributed by atoms with Crippen molar-refractivity contribution in [2.45, 2.75) is 6.54 Å². The number of fused-ring (bicyclic) bond motifs is 1. The predicted octanol–water partition coefficient (Wildman–Crippen LogP) is 4.87. The molecule has 2 heterocycles. The Bertz CT molecular complexity index is 1070. The zero-order valence-electron chi connectivity index (χ0n) is 14.4. The molecule has 8 heteroatoms. The molecule has 4 rings (SSSR count). The maximum atomic E-state index is 12.5. The van der Waals surface area contributed by atoms with Crippen LogP contribution in [-0.4, -0.2) is 18.4 Å². The van der Waals surface area contributed by atoms with E-state index in [1.807, 2.05) is 18.2 Å². The van der Waals surface area contributed by atoms with Crippen molar-refractivity contribution in [3.05, 3.63) is 75.6 Å². The maximum absolute atomic E-state index is 12.5. The Hall–Kier alpha value is -2.77. The van der Waals surface area contributed by atoms with Crippen molar-refractivity contribution >= 4 is 50.7 Å². The zero-order chi connectivity index (χ0) is 19.7. The van der Waals surface area contributed by atoms with Crippen LogP contribution in [0.15, 0.2) is 63.7 Å². The van der Waals surface area contributed by atoms with Crippen molar-refractivity contribution in [1.29, 1.82) is 0 Å². The van der Waals surface area contributed by atoms with Crippen LogP contribution in [0, 0.1) is 0 Å². The van der Waals surface area contributed by atoms with E-state index in [1.54, 1.807) is 41.3 Å². The van der Waals surface area contributed by atoms with Crippen molar-refractivity contribution < 1.29 is 18.7 Å². The molecule has 0 saturated heterocycles. The average molecular weight is 462 g/mol. The molecule has 0 aliphatic carbocycles. The molecule has 1 aromatic heterocycles. The highest BCUT2D eigenvalue weighted by atomic mass is 79.9. The number of halogens is 2. The summed E-state index contributed by atoms with van der Waals surface area (Å²) in [5.74, 6) is 0.175. The van der Waals surface area contributed by atoms with Crippen LogP contribution >= 0.6 is 27.5 Å². The molecule has 28 heavy (non-hydrogen) atoms. The number of carbonyl (C=O) groups is 2. The molecule has 0 radical (unpaired) electrons. The van der Waals surface area contributed by atoms with Gasteiger partial charge in [-0.3, -0.25) is 9.59 Å². The lowest BCUT2D eigenvalue weighted by atomic mass is 10.1. The second kappa shape index (κ2) is 7.69. The third-order valence-electron chi connectivity index (χ3n) is 4.19. The molecular weight excluding hydrogens is 448 g/mol. The van der Waals surface area contributed by atoms with Crippen molar-refractivity contribution in [3.63, 3.8) is 0 Å². The van der Waals surface area contributed by atoms with Crippen LogP contribution in [0.1, 0.15) is 16.1 Å². The van der Waals surface area contributed by atoms with E-state index in [1.165, 1.54) is 0 Å². The Labute approximate surface area is 174 Å². The molecule has 6 nitrogen and oxygen atoms in total. The van der Waals surface area contributed by atoms with E-state index in [9.17, 15) is 9.59 Å². The third kappa shape index (κ3) is 3.90. The van der Waals surface area contributed by atoms with Gasteiger partial charge in [-0.2, -0.15) is 0 Å². The van der Waals surface area contributed by atoms with Gasteiger partial charge < -0.3 is 19.4 Å². The molecule has 2 aromatic carbocycles. The van der Waals surface area contributed by atoms with Gasteiger partial charge in [-0.1, -0.05) is 23.7 Å². The maximum Gasteiger partial charge on any atom is 0.291 e. The van der Waals surface area contributed by atoms with Crippen LogP contribution in [0.4, 0.5) is 11.4 Å². The molecular formula is C20H14BrClN2O4. The van der Waals surface area contributed by atoms with Crippen LogP contribution in [0.3, 0.4) is 0 Å². The summed E-state index contributed by atoms with van der Waals surface area (Å²) in [5.41, 5.74) is 1.99. The minimum Gasteiger partial charge on any atom is -0.482 e. The summed E-state index contributed by atoms with van der Waals surface area (Å²) in [5, 5.41) is 3.36. The first-order chi connectivity index (χ1) is 13.5. The first-order valence-corrected chi connectivity index (χ1v) is 9.55. The second-order valence-electron chi connectivity index (χ2n) is 6.14. The smallest absolute Gasteiger partial charge is 0.291 e. The summed E-state index contributed by atoms with van der Waals surface area (Å²) in [6, 6.07) is 15.7. The number of benzene rings is 2. The quantitative estimate of drug-likeness (QED) is 0.601. The van der Waals surface area contributed by atoms with Crippen LogP contribution < -0.4 is 15.0 Å². The van der Waals surface area contributed by atoms with E-state index in [0.29, 0.717) is 33.4 Å². The minimum atomic E-state index is -0.393. The summed E-state index contributed by atoms with van der Waals surface area (Å²) in [6.07, 6.45) is 0. The summed E-state index contributed by atoms with van der Waals surface area (Å²) >= 11 is 9.22. The van der Waals surface area contributed by atoms with E-state index in [4.69, 9.17) is 20.8 Å². The highest BCUT2D eigenvalue weighted by Gasteiger charge is 2.26. The van der Waals surface area contributed by atoms with E-state index >= 15 is 0 Å². The number of anilines is 2. The minimum absolute atomic E-state index is 0.0420. The molecule has 142 valence electrons. The number of hydrogen-bond donors (Lipinski definition) is 1. The van der Waals surface area contributed by atoms with Crippen LogP contribution in [0.25, 0.3) is 0 Å². The molecule has 3 aromatic rings. The Morgan fingerprint density at radius 3 is 2.79 bits per heavy atom. The fraction of sp³-hybridized carbons (Fsp3) is 0.100. The monoisotopic (exact) mass is 460 g/mol. The standard InChI is InChI=1S/C20H14BrClN2O4/c21-18-7-6-17(28-18)20(26)23-14-4-5-16-15(9-14)24(19(25)11-27-16)10-12-2-1-3-13(22)8-12/h1-9H,10-11H2,(H,23,26). The Morgan fingerprint density at radius 1 is 1.18 bits per heavy atom. The van der Waals surface area contributed by atoms with Crippen molar-refractivity contribution in [2.24, 2.45) is 0 Å². The number of ether oxygens (including phenoxy) is 1. The van der Waals surface area contributed by atoms with E-state index in [2.05, 4.69) is 21.2 Å². The van der Waals surface area contributed by atoms with Gasteiger partial charge in [0.25, 0.3) is 11.8 Å². The Kier molecular flexibility index (Phi) is 5.11. The van der Waals surface area contributed by atoms with Gasteiger partial charge in [0.05, 0.1) is 12.2 Å². The lowest BCUT2D eigenvalue weighted by molar-refractivity contribution is -0.121. The summed E-state index contributed by atoms with van der Waals surface area (Å²) < 4.78 is 11.2. The molecule has 0 fully saturated rings. The SMILES string of the molecule is O=C(Nc1ccc2c(c1)N(Cc1cccc(Cl)c1)C(=O)CO2)c1ccc(Br)o1. The topological polar surface area (TPSA) is 71.8 Å². The lowest BCUT2D eigenvalue weighted by Crippen LogP contribution is -2.38. The van der Waals surface area contributed by atoms with Crippen LogP contribution in [0.2, 0.25) is 5.02 Å². The van der Waals surface area contributed by atoms with Gasteiger partial charge in [-0.25, -0.2) is 0 Å². The number of carbonyl (C=O) groups excluding carboxylic acids is 2. The normalized spacial score (nSPS) is 13.1. The lowest BCUT2D eigenvalue weighted by Gasteiger charge is -2.30. The van der Waals surface area contributed by atoms with Gasteiger partial charge in [0.15, 0.2) is 17.0 Å². The third-order valence-corrected chi connectivity index (χ3v) is 4.85. The predicted molar refractivity (Wildman–Crippen MR) is 109 cm³/mol. The van der Waals surface area contributed by atoms with Gasteiger partial charge >= 0.3 is 0 Å². The molecule has 2 amide bonds. The van der Waals surface area contributed by atoms with Gasteiger partial charge in [0.2, 0.25) is 0 Å². The van der Waals surface area contributed by atoms with Crippen molar-refractivity contribution in [3.8, 4) is 5.75 Å². The second-order valence-corrected chi connectivity index (χ2v) is 7.36. The van der Waals surface area contributed by atoms with Crippen LogP contribution in [0.5, 0.6) is 5.75 Å². The van der Waals surface area contributed by atoms with Gasteiger partial charge in [-0.05, 0) is 64.0 Å². The summed E-state index contributed by atoms with van der Waals surface area (Å²) in [4.78, 5) is 26.4. The highest BCUT2D eigenvalue weighted by Crippen LogP contribution is 2.36. The molecule has 0 bridgehead atoms. The molecule has 0 spiro atoms. The van der Waals surface area contributed by atoms with E-state index < -0.39 is 5.91 Å². The molecule has 1 aliphatic rings. The van der Waals surface area contributed by atoms with Gasteiger partial charge in [-0.15, -0.1) is 0 Å². The first-order valence-electron chi connectivity index (χ1n) is 8.38. The molecule has 1 N–H and O–H groups in total. The number of rotatable bonds is 4. The Balaban J connectivity index is 1.61. The summed E-state index contributed by atoms with van der Waals surface area (Å²) in [7, 11) is 0. The molecule has 1 aliphatic heterocycles. The fourth-order valence-electron chi connectivity index (χ4n) is 2.90. The van der Waals surface area contributed by atoms with Crippen molar-refractivity contribution in [1.82, 2.24) is 0 Å². The molecule has 0 saturated carbocycles. The average Bonchev–Trinajstić information content (AvgIpc) is 3.11. The fourth-order valence-corrected chi connectivity index (χ4v) is 3.42.